The molecule has 1 aromatic heterocycles. The van der Waals surface area contributed by atoms with Crippen molar-refractivity contribution in [3.05, 3.63) is 78.9 Å². The van der Waals surface area contributed by atoms with E-state index in [0.717, 1.165) is 17.4 Å². The molecule has 3 aromatic carbocycles. The molecular formula is C24H23N5O4S2. The number of hydrogen-bond acceptors (Lipinski definition) is 8. The molecule has 0 aliphatic heterocycles. The first-order valence-electron chi connectivity index (χ1n) is 10.5. The molecule has 9 nitrogen and oxygen atoms in total. The van der Waals surface area contributed by atoms with E-state index in [9.17, 15) is 13.2 Å². The molecule has 35 heavy (non-hydrogen) atoms. The first-order valence-corrected chi connectivity index (χ1v) is 13.0. The molecule has 0 spiro atoms. The summed E-state index contributed by atoms with van der Waals surface area (Å²) < 4.78 is 33.1. The Labute approximate surface area is 207 Å². The normalized spacial score (nSPS) is 11.1. The van der Waals surface area contributed by atoms with Gasteiger partial charge in [-0.1, -0.05) is 30.0 Å². The third-order valence-electron chi connectivity index (χ3n) is 4.84. The maximum absolute atomic E-state index is 12.5. The third kappa shape index (κ3) is 6.40. The Morgan fingerprint density at radius 2 is 1.57 bits per heavy atom. The van der Waals surface area contributed by atoms with Crippen LogP contribution in [0.2, 0.25) is 0 Å². The van der Waals surface area contributed by atoms with Crippen LogP contribution in [0.1, 0.15) is 0 Å². The maximum atomic E-state index is 12.5. The van der Waals surface area contributed by atoms with E-state index in [1.54, 1.807) is 42.5 Å². The number of sulfonamides is 1. The minimum atomic E-state index is -3.68. The quantitative estimate of drug-likeness (QED) is 0.320. The Morgan fingerprint density at radius 3 is 2.23 bits per heavy atom. The van der Waals surface area contributed by atoms with Gasteiger partial charge in [0.05, 0.1) is 10.6 Å². The Kier molecular flexibility index (Phi) is 7.37. The number of thioether (sulfide) groups is 1. The lowest BCUT2D eigenvalue weighted by Gasteiger charge is -2.12. The summed E-state index contributed by atoms with van der Waals surface area (Å²) in [5, 5.41) is 11.1. The van der Waals surface area contributed by atoms with E-state index in [4.69, 9.17) is 4.42 Å². The van der Waals surface area contributed by atoms with Crippen LogP contribution in [0.15, 0.2) is 93.4 Å². The Bertz CT molecular complexity index is 1390. The van der Waals surface area contributed by atoms with Crippen LogP contribution in [0.5, 0.6) is 0 Å². The molecule has 0 unspecified atom stereocenters. The van der Waals surface area contributed by atoms with Gasteiger partial charge in [-0.15, -0.1) is 10.2 Å². The summed E-state index contributed by atoms with van der Waals surface area (Å²) in [5.41, 5.74) is 2.77. The van der Waals surface area contributed by atoms with Crippen molar-refractivity contribution in [2.24, 2.45) is 0 Å². The summed E-state index contributed by atoms with van der Waals surface area (Å²) in [7, 11) is 0.222. The molecular weight excluding hydrogens is 486 g/mol. The molecule has 0 atom stereocenters. The lowest BCUT2D eigenvalue weighted by Crippen LogP contribution is -2.14. The van der Waals surface area contributed by atoms with Crippen LogP contribution < -0.4 is 14.9 Å². The highest BCUT2D eigenvalue weighted by Crippen LogP contribution is 2.25. The number of rotatable bonds is 9. The molecule has 4 aromatic rings. The topological polar surface area (TPSA) is 117 Å². The summed E-state index contributed by atoms with van der Waals surface area (Å²) in [6.45, 7) is 0. The van der Waals surface area contributed by atoms with Crippen molar-refractivity contribution in [1.82, 2.24) is 10.2 Å². The van der Waals surface area contributed by atoms with Gasteiger partial charge in [0.15, 0.2) is 0 Å². The fourth-order valence-corrected chi connectivity index (χ4v) is 4.69. The molecule has 0 radical (unpaired) electrons. The molecule has 0 fully saturated rings. The van der Waals surface area contributed by atoms with Crippen LogP contribution in [0, 0.1) is 0 Å². The highest BCUT2D eigenvalue weighted by atomic mass is 32.2. The minimum absolute atomic E-state index is 0.108. The lowest BCUT2D eigenvalue weighted by molar-refractivity contribution is -0.113. The molecule has 0 bridgehead atoms. The van der Waals surface area contributed by atoms with Gasteiger partial charge in [-0.25, -0.2) is 8.42 Å². The molecule has 11 heteroatoms. The number of nitrogens with one attached hydrogen (secondary N) is 2. The van der Waals surface area contributed by atoms with Crippen molar-refractivity contribution < 1.29 is 17.6 Å². The summed E-state index contributed by atoms with van der Waals surface area (Å²) in [6.07, 6.45) is 0. The second-order valence-electron chi connectivity index (χ2n) is 7.65. The molecule has 1 heterocycles. The van der Waals surface area contributed by atoms with Crippen molar-refractivity contribution in [3.63, 3.8) is 0 Å². The molecule has 0 aliphatic carbocycles. The largest absolute Gasteiger partial charge is 0.411 e. The molecule has 0 saturated heterocycles. The van der Waals surface area contributed by atoms with E-state index in [0.29, 0.717) is 16.9 Å². The van der Waals surface area contributed by atoms with Crippen molar-refractivity contribution in [1.29, 1.82) is 0 Å². The van der Waals surface area contributed by atoms with E-state index in [-0.39, 0.29) is 27.7 Å². The first kappa shape index (κ1) is 24.3. The number of amides is 1. The zero-order valence-electron chi connectivity index (χ0n) is 19.0. The minimum Gasteiger partial charge on any atom is -0.411 e. The summed E-state index contributed by atoms with van der Waals surface area (Å²) >= 11 is 1.13. The number of carbonyl (C=O) groups excluding carboxylic acids is 1. The number of carbonyl (C=O) groups is 1. The van der Waals surface area contributed by atoms with Crippen LogP contribution in [0.3, 0.4) is 0 Å². The highest BCUT2D eigenvalue weighted by Gasteiger charge is 2.15. The van der Waals surface area contributed by atoms with Gasteiger partial charge in [-0.2, -0.15) is 0 Å². The van der Waals surface area contributed by atoms with E-state index in [1.807, 2.05) is 43.3 Å². The van der Waals surface area contributed by atoms with Gasteiger partial charge in [-0.05, 0) is 60.7 Å². The van der Waals surface area contributed by atoms with Crippen molar-refractivity contribution in [2.45, 2.75) is 10.1 Å². The smallest absolute Gasteiger partial charge is 0.277 e. The fraction of sp³-hybridized carbons (Fsp3) is 0.125. The Balaban J connectivity index is 1.32. The van der Waals surface area contributed by atoms with Crippen molar-refractivity contribution in [2.75, 3.05) is 34.8 Å². The maximum Gasteiger partial charge on any atom is 0.277 e. The van der Waals surface area contributed by atoms with Crippen LogP contribution >= 0.6 is 11.8 Å². The molecule has 2 N–H and O–H groups in total. The van der Waals surface area contributed by atoms with Gasteiger partial charge < -0.3 is 14.6 Å². The van der Waals surface area contributed by atoms with Gasteiger partial charge in [0, 0.05) is 36.7 Å². The molecule has 0 aliphatic rings. The predicted molar refractivity (Wildman–Crippen MR) is 137 cm³/mol. The fourth-order valence-electron chi connectivity index (χ4n) is 3.05. The van der Waals surface area contributed by atoms with Gasteiger partial charge >= 0.3 is 0 Å². The molecule has 180 valence electrons. The SMILES string of the molecule is CN(C)c1ccc(NC(=O)CSc2nnc(-c3ccc(NS(=O)(=O)c4ccccc4)cc3)o2)cc1. The number of hydrogen-bond donors (Lipinski definition) is 2. The van der Waals surface area contributed by atoms with Gasteiger partial charge in [0.2, 0.25) is 11.8 Å². The van der Waals surface area contributed by atoms with Crippen molar-refractivity contribution >= 4 is 44.8 Å². The molecule has 1 amide bonds. The predicted octanol–water partition coefficient (Wildman–Crippen LogP) is 4.33. The zero-order chi connectivity index (χ0) is 24.8. The second kappa shape index (κ2) is 10.6. The van der Waals surface area contributed by atoms with E-state index in [1.165, 1.54) is 12.1 Å². The van der Waals surface area contributed by atoms with Crippen LogP contribution in [0.25, 0.3) is 11.5 Å². The van der Waals surface area contributed by atoms with Gasteiger partial charge in [0.1, 0.15) is 0 Å². The van der Waals surface area contributed by atoms with Gasteiger partial charge in [0.25, 0.3) is 15.2 Å². The lowest BCUT2D eigenvalue weighted by atomic mass is 10.2. The van der Waals surface area contributed by atoms with E-state index < -0.39 is 10.0 Å². The molecule has 4 rings (SSSR count). The third-order valence-corrected chi connectivity index (χ3v) is 7.05. The summed E-state index contributed by atoms with van der Waals surface area (Å²) in [5.74, 6) is 0.184. The Hall–Kier alpha value is -3.83. The average molecular weight is 510 g/mol. The average Bonchev–Trinajstić information content (AvgIpc) is 3.33. The number of benzene rings is 3. The van der Waals surface area contributed by atoms with Crippen LogP contribution in [-0.2, 0) is 14.8 Å². The standard InChI is InChI=1S/C24H23N5O4S2/c1-29(2)20-14-12-18(13-15-20)25-22(30)16-34-24-27-26-23(33-24)17-8-10-19(11-9-17)28-35(31,32)21-6-4-3-5-7-21/h3-15,28H,16H2,1-2H3,(H,25,30). The number of nitrogens with zero attached hydrogens (tertiary/aromatic N) is 3. The Morgan fingerprint density at radius 1 is 0.914 bits per heavy atom. The molecule has 0 saturated carbocycles. The van der Waals surface area contributed by atoms with Crippen LogP contribution in [-0.4, -0.2) is 44.4 Å². The zero-order valence-corrected chi connectivity index (χ0v) is 20.6. The summed E-state index contributed by atoms with van der Waals surface area (Å²) in [6, 6.07) is 22.2. The number of anilines is 3. The number of aromatic nitrogens is 2. The van der Waals surface area contributed by atoms with E-state index >= 15 is 0 Å². The van der Waals surface area contributed by atoms with Gasteiger partial charge in [-0.3, -0.25) is 9.52 Å². The summed E-state index contributed by atoms with van der Waals surface area (Å²) in [4.78, 5) is 14.4. The highest BCUT2D eigenvalue weighted by molar-refractivity contribution is 7.99. The monoisotopic (exact) mass is 509 g/mol. The van der Waals surface area contributed by atoms with Crippen molar-refractivity contribution in [3.8, 4) is 11.5 Å². The van der Waals surface area contributed by atoms with E-state index in [2.05, 4.69) is 20.2 Å². The van der Waals surface area contributed by atoms with Crippen LogP contribution in [0.4, 0.5) is 17.1 Å². The second-order valence-corrected chi connectivity index (χ2v) is 10.3. The first-order chi connectivity index (χ1) is 16.8.